The number of fused-ring (bicyclic) bond motifs is 3. The van der Waals surface area contributed by atoms with E-state index in [0.717, 1.165) is 45.5 Å². The molecular weight excluding hydrogens is 422 g/mol. The van der Waals surface area contributed by atoms with Crippen LogP contribution in [-0.4, -0.2) is 19.2 Å². The highest BCUT2D eigenvalue weighted by Gasteiger charge is 2.10. The number of benzene rings is 3. The van der Waals surface area contributed by atoms with E-state index in [9.17, 15) is 4.79 Å². The summed E-state index contributed by atoms with van der Waals surface area (Å²) >= 11 is 0. The summed E-state index contributed by atoms with van der Waals surface area (Å²) in [6.07, 6.45) is 4.10. The molecule has 0 radical (unpaired) electrons. The van der Waals surface area contributed by atoms with E-state index in [4.69, 9.17) is 0 Å². The minimum atomic E-state index is -0.219. The van der Waals surface area contributed by atoms with Crippen LogP contribution in [0.15, 0.2) is 102 Å². The fourth-order valence-corrected chi connectivity index (χ4v) is 4.49. The summed E-state index contributed by atoms with van der Waals surface area (Å²) in [4.78, 5) is 12.2. The molecule has 0 fully saturated rings. The van der Waals surface area contributed by atoms with Gasteiger partial charge in [0.15, 0.2) is 5.65 Å². The minimum absolute atomic E-state index is 0.219. The average molecular weight is 446 g/mol. The fourth-order valence-electron chi connectivity index (χ4n) is 4.49. The van der Waals surface area contributed by atoms with Gasteiger partial charge in [-0.05, 0) is 71.6 Å². The number of anilines is 1. The van der Waals surface area contributed by atoms with Gasteiger partial charge in [0, 0.05) is 24.3 Å². The van der Waals surface area contributed by atoms with Gasteiger partial charge in [0.05, 0.1) is 16.9 Å². The summed E-state index contributed by atoms with van der Waals surface area (Å²) in [7, 11) is 0. The molecule has 6 heteroatoms. The Morgan fingerprint density at radius 3 is 2.47 bits per heavy atom. The molecular formula is C28H23N5O. The second-order valence-electron chi connectivity index (χ2n) is 8.44. The lowest BCUT2D eigenvalue weighted by Gasteiger charge is -2.13. The van der Waals surface area contributed by atoms with Gasteiger partial charge in [-0.2, -0.15) is 5.10 Å². The van der Waals surface area contributed by atoms with Crippen molar-refractivity contribution < 1.29 is 0 Å². The van der Waals surface area contributed by atoms with Crippen molar-refractivity contribution in [3.05, 3.63) is 119 Å². The van der Waals surface area contributed by atoms with Crippen LogP contribution in [0.3, 0.4) is 0 Å². The Morgan fingerprint density at radius 2 is 1.65 bits per heavy atom. The number of aryl methyl sites for hydroxylation is 1. The molecule has 6 rings (SSSR count). The zero-order valence-electron chi connectivity index (χ0n) is 18.7. The van der Waals surface area contributed by atoms with Gasteiger partial charge in [-0.15, -0.1) is 0 Å². The molecule has 34 heavy (non-hydrogen) atoms. The number of nitrogens with one attached hydrogen (secondary N) is 2. The quantitative estimate of drug-likeness (QED) is 0.365. The predicted molar refractivity (Wildman–Crippen MR) is 137 cm³/mol. The van der Waals surface area contributed by atoms with Gasteiger partial charge in [0.25, 0.3) is 0 Å². The summed E-state index contributed by atoms with van der Waals surface area (Å²) in [6.45, 7) is 2.78. The van der Waals surface area contributed by atoms with E-state index in [1.54, 1.807) is 4.40 Å². The van der Waals surface area contributed by atoms with Crippen LogP contribution in [-0.2, 0) is 6.54 Å². The number of aromatic nitrogens is 4. The van der Waals surface area contributed by atoms with Crippen molar-refractivity contribution in [2.45, 2.75) is 13.5 Å². The molecule has 0 spiro atoms. The predicted octanol–water partition coefficient (Wildman–Crippen LogP) is 5.55. The van der Waals surface area contributed by atoms with E-state index < -0.39 is 0 Å². The maximum atomic E-state index is 12.2. The molecule has 166 valence electrons. The molecule has 0 aliphatic rings. The first-order chi connectivity index (χ1) is 16.7. The van der Waals surface area contributed by atoms with Crippen LogP contribution in [0.4, 0.5) is 5.69 Å². The third-order valence-electron chi connectivity index (χ3n) is 6.26. The van der Waals surface area contributed by atoms with Gasteiger partial charge in [0.1, 0.15) is 0 Å². The van der Waals surface area contributed by atoms with Crippen molar-refractivity contribution in [3.63, 3.8) is 0 Å². The molecule has 0 aliphatic carbocycles. The lowest BCUT2D eigenvalue weighted by atomic mass is 10.00. The summed E-state index contributed by atoms with van der Waals surface area (Å²) in [5.74, 6) is 0. The lowest BCUT2D eigenvalue weighted by molar-refractivity contribution is 1.04. The van der Waals surface area contributed by atoms with E-state index in [2.05, 4.69) is 87.1 Å². The SMILES string of the molecule is Cc1cc2n[nH]c(=O)n2c2ccc(-c3ccc(CNc4ccccc4-n4cccc4)cc3)cc12. The zero-order valence-corrected chi connectivity index (χ0v) is 18.7. The van der Waals surface area contributed by atoms with E-state index in [-0.39, 0.29) is 5.69 Å². The molecule has 0 atom stereocenters. The number of H-pyrrole nitrogens is 1. The Hall–Kier alpha value is -4.58. The maximum absolute atomic E-state index is 12.2. The van der Waals surface area contributed by atoms with Crippen molar-refractivity contribution in [3.8, 4) is 16.8 Å². The molecule has 0 aliphatic heterocycles. The van der Waals surface area contributed by atoms with Crippen molar-refractivity contribution in [1.82, 2.24) is 19.2 Å². The van der Waals surface area contributed by atoms with Crippen LogP contribution >= 0.6 is 0 Å². The molecule has 0 bridgehead atoms. The van der Waals surface area contributed by atoms with Crippen LogP contribution in [0.5, 0.6) is 0 Å². The first-order valence-corrected chi connectivity index (χ1v) is 11.2. The Morgan fingerprint density at radius 1 is 0.882 bits per heavy atom. The van der Waals surface area contributed by atoms with Gasteiger partial charge in [-0.3, -0.25) is 0 Å². The number of pyridine rings is 1. The fraction of sp³-hybridized carbons (Fsp3) is 0.0714. The van der Waals surface area contributed by atoms with Crippen molar-refractivity contribution >= 4 is 22.2 Å². The summed E-state index contributed by atoms with van der Waals surface area (Å²) in [6, 6.07) is 29.1. The van der Waals surface area contributed by atoms with Crippen LogP contribution in [0, 0.1) is 6.92 Å². The number of nitrogens with zero attached hydrogens (tertiary/aromatic N) is 3. The van der Waals surface area contributed by atoms with Gasteiger partial charge < -0.3 is 9.88 Å². The van der Waals surface area contributed by atoms with Crippen LogP contribution in [0.2, 0.25) is 0 Å². The standard InChI is InChI=1S/C28H23N5O/c1-19-16-27-30-31-28(34)33(27)25-13-12-22(17-23(19)25)21-10-8-20(9-11-21)18-29-24-6-2-3-7-26(24)32-14-4-5-15-32/h2-17,29H,18H2,1H3,(H,31,34). The topological polar surface area (TPSA) is 67.1 Å². The van der Waals surface area contributed by atoms with E-state index >= 15 is 0 Å². The first-order valence-electron chi connectivity index (χ1n) is 11.2. The summed E-state index contributed by atoms with van der Waals surface area (Å²) in [5, 5.41) is 11.2. The molecule has 3 aromatic heterocycles. The number of hydrogen-bond donors (Lipinski definition) is 2. The second kappa shape index (κ2) is 8.08. The second-order valence-corrected chi connectivity index (χ2v) is 8.44. The largest absolute Gasteiger partial charge is 0.379 e. The number of aromatic amines is 1. The third-order valence-corrected chi connectivity index (χ3v) is 6.26. The van der Waals surface area contributed by atoms with E-state index in [0.29, 0.717) is 5.65 Å². The summed E-state index contributed by atoms with van der Waals surface area (Å²) in [5.41, 5.74) is 8.04. The normalized spacial score (nSPS) is 11.3. The van der Waals surface area contributed by atoms with Gasteiger partial charge in [0.2, 0.25) is 0 Å². The van der Waals surface area contributed by atoms with Crippen molar-refractivity contribution in [2.75, 3.05) is 5.32 Å². The Labute approximate surface area is 196 Å². The molecule has 6 aromatic rings. The Balaban J connectivity index is 1.26. The van der Waals surface area contributed by atoms with Crippen LogP contribution in [0.1, 0.15) is 11.1 Å². The molecule has 6 nitrogen and oxygen atoms in total. The van der Waals surface area contributed by atoms with Crippen molar-refractivity contribution in [1.29, 1.82) is 0 Å². The summed E-state index contributed by atoms with van der Waals surface area (Å²) < 4.78 is 3.73. The molecule has 0 saturated heterocycles. The Bertz CT molecular complexity index is 1670. The highest BCUT2D eigenvalue weighted by molar-refractivity contribution is 5.89. The Kier molecular flexibility index (Phi) is 4.77. The molecule has 0 unspecified atom stereocenters. The van der Waals surface area contributed by atoms with Gasteiger partial charge in [-0.25, -0.2) is 14.3 Å². The molecule has 3 aromatic carbocycles. The third kappa shape index (κ3) is 3.46. The average Bonchev–Trinajstić information content (AvgIpc) is 3.53. The highest BCUT2D eigenvalue weighted by Crippen LogP contribution is 2.27. The number of hydrogen-bond acceptors (Lipinski definition) is 3. The monoisotopic (exact) mass is 445 g/mol. The molecule has 0 amide bonds. The molecule has 2 N–H and O–H groups in total. The van der Waals surface area contributed by atoms with Gasteiger partial charge >= 0.3 is 5.69 Å². The highest BCUT2D eigenvalue weighted by atomic mass is 16.1. The number of para-hydroxylation sites is 2. The smallest absolute Gasteiger partial charge is 0.348 e. The maximum Gasteiger partial charge on any atom is 0.348 e. The zero-order chi connectivity index (χ0) is 23.1. The van der Waals surface area contributed by atoms with Crippen molar-refractivity contribution in [2.24, 2.45) is 0 Å². The van der Waals surface area contributed by atoms with E-state index in [1.807, 2.05) is 37.3 Å². The number of rotatable bonds is 5. The van der Waals surface area contributed by atoms with Crippen LogP contribution in [0.25, 0.3) is 33.4 Å². The lowest BCUT2D eigenvalue weighted by Crippen LogP contribution is -2.10. The van der Waals surface area contributed by atoms with Crippen LogP contribution < -0.4 is 11.0 Å². The molecule has 3 heterocycles. The molecule has 0 saturated carbocycles. The first kappa shape index (κ1) is 20.1. The van der Waals surface area contributed by atoms with E-state index in [1.165, 1.54) is 5.56 Å². The van der Waals surface area contributed by atoms with Gasteiger partial charge in [-0.1, -0.05) is 42.5 Å². The minimum Gasteiger partial charge on any atom is -0.379 e.